The predicted molar refractivity (Wildman–Crippen MR) is 84.5 cm³/mol. The van der Waals surface area contributed by atoms with Crippen LogP contribution in [0.5, 0.6) is 0 Å². The summed E-state index contributed by atoms with van der Waals surface area (Å²) in [6, 6.07) is 0. The molecular formula is C13H18N4OS2. The molecule has 1 aliphatic rings. The van der Waals surface area contributed by atoms with Crippen LogP contribution in [0.15, 0.2) is 0 Å². The van der Waals surface area contributed by atoms with Crippen molar-refractivity contribution in [1.82, 2.24) is 14.9 Å². The first kappa shape index (κ1) is 13.9. The van der Waals surface area contributed by atoms with Gasteiger partial charge in [0, 0.05) is 40.3 Å². The highest BCUT2D eigenvalue weighted by molar-refractivity contribution is 7.85. The van der Waals surface area contributed by atoms with Crippen molar-refractivity contribution in [3.63, 3.8) is 0 Å². The average Bonchev–Trinajstić information content (AvgIpc) is 2.68. The molecule has 0 atom stereocenters. The molecule has 7 heteroatoms. The molecule has 1 aliphatic heterocycles. The van der Waals surface area contributed by atoms with E-state index in [0.29, 0.717) is 12.4 Å². The molecule has 0 aromatic carbocycles. The predicted octanol–water partition coefficient (Wildman–Crippen LogP) is 1.45. The van der Waals surface area contributed by atoms with Gasteiger partial charge in [0.1, 0.15) is 16.5 Å². The van der Waals surface area contributed by atoms with E-state index in [4.69, 9.17) is 5.73 Å². The summed E-state index contributed by atoms with van der Waals surface area (Å²) in [7, 11) is -0.650. The van der Waals surface area contributed by atoms with Crippen LogP contribution in [0.4, 0.5) is 5.82 Å². The number of nitrogens with two attached hydrogens (primary N) is 1. The van der Waals surface area contributed by atoms with Crippen LogP contribution in [0, 0.1) is 13.8 Å². The number of anilines is 1. The Balaban J connectivity index is 1.87. The van der Waals surface area contributed by atoms with Gasteiger partial charge in [-0.1, -0.05) is 0 Å². The topological polar surface area (TPSA) is 72.1 Å². The van der Waals surface area contributed by atoms with E-state index < -0.39 is 10.8 Å². The molecule has 5 nitrogen and oxygen atoms in total. The van der Waals surface area contributed by atoms with Crippen LogP contribution in [0.3, 0.4) is 0 Å². The second kappa shape index (κ2) is 5.38. The minimum Gasteiger partial charge on any atom is -0.383 e. The molecule has 0 spiro atoms. The van der Waals surface area contributed by atoms with Crippen molar-refractivity contribution in [2.24, 2.45) is 0 Å². The highest BCUT2D eigenvalue weighted by atomic mass is 32.2. The molecule has 0 amide bonds. The number of aromatic nitrogens is 2. The fourth-order valence-corrected chi connectivity index (χ4v) is 4.61. The summed E-state index contributed by atoms with van der Waals surface area (Å²) in [5.74, 6) is 2.83. The van der Waals surface area contributed by atoms with Crippen molar-refractivity contribution in [3.8, 4) is 0 Å². The first-order valence-electron chi connectivity index (χ1n) is 6.64. The smallest absolute Gasteiger partial charge is 0.146 e. The van der Waals surface area contributed by atoms with Crippen LogP contribution in [0.2, 0.25) is 0 Å². The zero-order valence-electron chi connectivity index (χ0n) is 11.7. The van der Waals surface area contributed by atoms with E-state index in [2.05, 4.69) is 28.7 Å². The minimum absolute atomic E-state index is 0.576. The minimum atomic E-state index is -0.650. The van der Waals surface area contributed by atoms with Gasteiger partial charge in [0.15, 0.2) is 0 Å². The Morgan fingerprint density at radius 2 is 2.00 bits per heavy atom. The van der Waals surface area contributed by atoms with Crippen molar-refractivity contribution in [2.75, 3.05) is 30.3 Å². The van der Waals surface area contributed by atoms with Gasteiger partial charge in [0.2, 0.25) is 0 Å². The van der Waals surface area contributed by atoms with Crippen molar-refractivity contribution >= 4 is 38.2 Å². The molecule has 2 N–H and O–H groups in total. The van der Waals surface area contributed by atoms with Gasteiger partial charge in [-0.25, -0.2) is 9.97 Å². The molecule has 3 heterocycles. The quantitative estimate of drug-likeness (QED) is 0.909. The maximum atomic E-state index is 11.4. The third-order valence-corrected chi connectivity index (χ3v) is 6.12. The van der Waals surface area contributed by atoms with Gasteiger partial charge >= 0.3 is 0 Å². The van der Waals surface area contributed by atoms with E-state index in [9.17, 15) is 4.21 Å². The number of fused-ring (bicyclic) bond motifs is 1. The normalized spacial score (nSPS) is 17.9. The second-order valence-electron chi connectivity index (χ2n) is 5.11. The lowest BCUT2D eigenvalue weighted by atomic mass is 10.2. The molecule has 0 unspecified atom stereocenters. The summed E-state index contributed by atoms with van der Waals surface area (Å²) in [4.78, 5) is 13.5. The van der Waals surface area contributed by atoms with Gasteiger partial charge in [0.25, 0.3) is 0 Å². The lowest BCUT2D eigenvalue weighted by molar-refractivity contribution is 0.284. The third kappa shape index (κ3) is 2.57. The molecule has 2 aromatic rings. The monoisotopic (exact) mass is 310 g/mol. The number of nitrogen functional groups attached to an aromatic ring is 1. The van der Waals surface area contributed by atoms with E-state index in [-0.39, 0.29) is 0 Å². The highest BCUT2D eigenvalue weighted by Gasteiger charge is 2.18. The van der Waals surface area contributed by atoms with Gasteiger partial charge in [0.05, 0.1) is 11.9 Å². The summed E-state index contributed by atoms with van der Waals surface area (Å²) in [6.45, 7) is 6.52. The van der Waals surface area contributed by atoms with Crippen molar-refractivity contribution < 1.29 is 4.21 Å². The van der Waals surface area contributed by atoms with Crippen molar-refractivity contribution in [1.29, 1.82) is 0 Å². The molecular weight excluding hydrogens is 292 g/mol. The number of hydrogen-bond donors (Lipinski definition) is 1. The van der Waals surface area contributed by atoms with Crippen LogP contribution < -0.4 is 5.73 Å². The Kier molecular flexibility index (Phi) is 3.74. The van der Waals surface area contributed by atoms with E-state index in [0.717, 1.165) is 40.6 Å². The van der Waals surface area contributed by atoms with E-state index in [1.54, 1.807) is 11.3 Å². The summed E-state index contributed by atoms with van der Waals surface area (Å²) >= 11 is 1.67. The molecule has 1 saturated heterocycles. The third-order valence-electron chi connectivity index (χ3n) is 3.74. The second-order valence-corrected chi connectivity index (χ2v) is 8.01. The lowest BCUT2D eigenvalue weighted by Crippen LogP contribution is -2.37. The molecule has 0 aliphatic carbocycles. The van der Waals surface area contributed by atoms with E-state index in [1.165, 1.54) is 10.4 Å². The number of aryl methyl sites for hydroxylation is 2. The molecule has 0 saturated carbocycles. The van der Waals surface area contributed by atoms with Crippen LogP contribution in [-0.2, 0) is 17.3 Å². The molecule has 1 fully saturated rings. The van der Waals surface area contributed by atoms with E-state index in [1.807, 2.05) is 0 Å². The Morgan fingerprint density at radius 1 is 1.30 bits per heavy atom. The van der Waals surface area contributed by atoms with Crippen molar-refractivity contribution in [3.05, 3.63) is 16.3 Å². The summed E-state index contributed by atoms with van der Waals surface area (Å²) in [5.41, 5.74) is 7.27. The number of nitrogens with zero attached hydrogens (tertiary/aromatic N) is 3. The van der Waals surface area contributed by atoms with Gasteiger partial charge in [-0.2, -0.15) is 0 Å². The fraction of sp³-hybridized carbons (Fsp3) is 0.538. The van der Waals surface area contributed by atoms with Crippen molar-refractivity contribution in [2.45, 2.75) is 20.4 Å². The number of thiophene rings is 1. The van der Waals surface area contributed by atoms with Crippen LogP contribution in [0.1, 0.15) is 16.3 Å². The molecule has 0 bridgehead atoms. The zero-order chi connectivity index (χ0) is 14.3. The molecule has 0 radical (unpaired) electrons. The largest absolute Gasteiger partial charge is 0.383 e. The Morgan fingerprint density at radius 3 is 2.70 bits per heavy atom. The van der Waals surface area contributed by atoms with E-state index >= 15 is 0 Å². The number of rotatable bonds is 2. The van der Waals surface area contributed by atoms with Gasteiger partial charge in [-0.05, 0) is 19.4 Å². The fourth-order valence-electron chi connectivity index (χ4n) is 2.43. The SMILES string of the molecule is Cc1sc2nc(CN3CCS(=O)CC3)nc(N)c2c1C. The number of hydrogen-bond acceptors (Lipinski definition) is 6. The summed E-state index contributed by atoms with van der Waals surface area (Å²) in [6.07, 6.45) is 0. The molecule has 108 valence electrons. The van der Waals surface area contributed by atoms with Gasteiger partial charge in [-0.3, -0.25) is 9.11 Å². The molecule has 3 rings (SSSR count). The maximum absolute atomic E-state index is 11.4. The van der Waals surface area contributed by atoms with Crippen LogP contribution >= 0.6 is 11.3 Å². The van der Waals surface area contributed by atoms with Crippen LogP contribution in [0.25, 0.3) is 10.2 Å². The first-order valence-corrected chi connectivity index (χ1v) is 8.94. The average molecular weight is 310 g/mol. The Hall–Kier alpha value is -1.05. The van der Waals surface area contributed by atoms with Gasteiger partial charge < -0.3 is 5.73 Å². The Bertz CT molecular complexity index is 673. The standard InChI is InChI=1S/C13H18N4OS2/c1-8-9(2)19-13-11(8)12(14)15-10(16-13)7-17-3-5-20(18)6-4-17/h3-7H2,1-2H3,(H2,14,15,16). The maximum Gasteiger partial charge on any atom is 0.146 e. The Labute approximate surface area is 124 Å². The summed E-state index contributed by atoms with van der Waals surface area (Å²) < 4.78 is 11.4. The summed E-state index contributed by atoms with van der Waals surface area (Å²) in [5, 5.41) is 0.996. The van der Waals surface area contributed by atoms with Crippen LogP contribution in [-0.4, -0.2) is 43.7 Å². The molecule has 2 aromatic heterocycles. The first-order chi connectivity index (χ1) is 9.54. The lowest BCUT2D eigenvalue weighted by Gasteiger charge is -2.25. The highest BCUT2D eigenvalue weighted by Crippen LogP contribution is 2.31. The zero-order valence-corrected chi connectivity index (χ0v) is 13.3. The van der Waals surface area contributed by atoms with Gasteiger partial charge in [-0.15, -0.1) is 11.3 Å². The molecule has 20 heavy (non-hydrogen) atoms.